The minimum absolute atomic E-state index is 0.149. The predicted octanol–water partition coefficient (Wildman–Crippen LogP) is 8.46. The first-order chi connectivity index (χ1) is 14.0. The van der Waals surface area contributed by atoms with Gasteiger partial charge in [0.15, 0.2) is 6.29 Å². The van der Waals surface area contributed by atoms with Gasteiger partial charge < -0.3 is 9.47 Å². The first-order valence-electron chi connectivity index (χ1n) is 12.4. The Balaban J connectivity index is 1.99. The van der Waals surface area contributed by atoms with Crippen molar-refractivity contribution in [3.05, 3.63) is 29.8 Å². The molecule has 0 spiro atoms. The first kappa shape index (κ1) is 25.2. The highest BCUT2D eigenvalue weighted by molar-refractivity contribution is 5.30. The molecule has 2 unspecified atom stereocenters. The summed E-state index contributed by atoms with van der Waals surface area (Å²) in [5.74, 6) is 4.32. The zero-order valence-corrected chi connectivity index (χ0v) is 21.0. The topological polar surface area (TPSA) is 18.5 Å². The summed E-state index contributed by atoms with van der Waals surface area (Å²) in [5.41, 5.74) is 1.68. The van der Waals surface area contributed by atoms with Gasteiger partial charge in [-0.05, 0) is 72.0 Å². The van der Waals surface area contributed by atoms with Crippen LogP contribution < -0.4 is 4.74 Å². The van der Waals surface area contributed by atoms with Crippen LogP contribution in [0.15, 0.2) is 24.3 Å². The Morgan fingerprint density at radius 1 is 0.867 bits per heavy atom. The predicted molar refractivity (Wildman–Crippen MR) is 129 cm³/mol. The van der Waals surface area contributed by atoms with E-state index in [-0.39, 0.29) is 11.7 Å². The summed E-state index contributed by atoms with van der Waals surface area (Å²) in [6, 6.07) is 8.83. The quantitative estimate of drug-likeness (QED) is 0.356. The van der Waals surface area contributed by atoms with Crippen LogP contribution >= 0.6 is 0 Å². The third-order valence-electron chi connectivity index (χ3n) is 6.62. The molecule has 1 aromatic carbocycles. The van der Waals surface area contributed by atoms with Crippen LogP contribution in [0.4, 0.5) is 0 Å². The molecule has 2 heteroatoms. The summed E-state index contributed by atoms with van der Waals surface area (Å²) in [6.45, 7) is 19.4. The number of rotatable bonds is 10. The van der Waals surface area contributed by atoms with Crippen LogP contribution in [0.1, 0.15) is 105 Å². The molecule has 1 aliphatic carbocycles. The Morgan fingerprint density at radius 3 is 1.93 bits per heavy atom. The minimum atomic E-state index is -0.149. The zero-order valence-electron chi connectivity index (χ0n) is 21.0. The Labute approximate surface area is 187 Å². The van der Waals surface area contributed by atoms with Crippen molar-refractivity contribution in [2.45, 2.75) is 106 Å². The van der Waals surface area contributed by atoms with Crippen molar-refractivity contribution in [3.8, 4) is 5.75 Å². The van der Waals surface area contributed by atoms with Crippen LogP contribution in [-0.2, 0) is 4.74 Å². The van der Waals surface area contributed by atoms with Crippen molar-refractivity contribution >= 4 is 0 Å². The highest BCUT2D eigenvalue weighted by Crippen LogP contribution is 2.40. The van der Waals surface area contributed by atoms with Gasteiger partial charge in [0.05, 0.1) is 6.61 Å². The Kier molecular flexibility index (Phi) is 9.72. The molecule has 2 atom stereocenters. The van der Waals surface area contributed by atoms with Gasteiger partial charge in [0, 0.05) is 6.42 Å². The number of ether oxygens (including phenoxy) is 2. The molecule has 1 aliphatic rings. The van der Waals surface area contributed by atoms with Gasteiger partial charge in [0.1, 0.15) is 5.75 Å². The number of hydrogen-bond donors (Lipinski definition) is 0. The molecule has 172 valence electrons. The summed E-state index contributed by atoms with van der Waals surface area (Å²) >= 11 is 0. The van der Waals surface area contributed by atoms with E-state index < -0.39 is 0 Å². The maximum Gasteiger partial charge on any atom is 0.200 e. The molecule has 0 bridgehead atoms. The van der Waals surface area contributed by atoms with Crippen molar-refractivity contribution in [3.63, 3.8) is 0 Å². The number of hydrogen-bond acceptors (Lipinski definition) is 2. The smallest absolute Gasteiger partial charge is 0.200 e. The van der Waals surface area contributed by atoms with Gasteiger partial charge in [-0.3, -0.25) is 0 Å². The molecule has 2 rings (SSSR count). The van der Waals surface area contributed by atoms with E-state index in [4.69, 9.17) is 9.47 Å². The molecule has 1 saturated carbocycles. The lowest BCUT2D eigenvalue weighted by Crippen LogP contribution is -2.27. The highest BCUT2D eigenvalue weighted by atomic mass is 16.7. The van der Waals surface area contributed by atoms with Crippen molar-refractivity contribution in [2.75, 3.05) is 6.61 Å². The molecular formula is C28H48O2. The SMILES string of the molecule is CC(C)CC(OCC1CCC(C)CC1)Oc1ccc(C(CC(C)C)C(C)(C)C)cc1. The van der Waals surface area contributed by atoms with E-state index in [1.165, 1.54) is 37.7 Å². The third-order valence-corrected chi connectivity index (χ3v) is 6.62. The van der Waals surface area contributed by atoms with Crippen LogP contribution in [0.25, 0.3) is 0 Å². The first-order valence-corrected chi connectivity index (χ1v) is 12.4. The Morgan fingerprint density at radius 2 is 1.43 bits per heavy atom. The van der Waals surface area contributed by atoms with Crippen LogP contribution in [0.3, 0.4) is 0 Å². The molecule has 0 N–H and O–H groups in total. The maximum absolute atomic E-state index is 6.32. The summed E-state index contributed by atoms with van der Waals surface area (Å²) in [4.78, 5) is 0. The van der Waals surface area contributed by atoms with E-state index in [1.807, 2.05) is 0 Å². The fourth-order valence-electron chi connectivity index (χ4n) is 4.67. The zero-order chi connectivity index (χ0) is 22.3. The molecular weight excluding hydrogens is 368 g/mol. The van der Waals surface area contributed by atoms with E-state index in [0.717, 1.165) is 24.7 Å². The highest BCUT2D eigenvalue weighted by Gasteiger charge is 2.27. The van der Waals surface area contributed by atoms with Gasteiger partial charge in [-0.2, -0.15) is 0 Å². The van der Waals surface area contributed by atoms with Gasteiger partial charge in [0.2, 0.25) is 0 Å². The average Bonchev–Trinajstić information content (AvgIpc) is 2.65. The molecule has 2 nitrogen and oxygen atoms in total. The molecule has 1 fully saturated rings. The molecule has 0 radical (unpaired) electrons. The van der Waals surface area contributed by atoms with Crippen molar-refractivity contribution in [1.29, 1.82) is 0 Å². The molecule has 0 aromatic heterocycles. The second-order valence-electron chi connectivity index (χ2n) is 11.8. The number of benzene rings is 1. The van der Waals surface area contributed by atoms with E-state index in [2.05, 4.69) is 79.7 Å². The van der Waals surface area contributed by atoms with Crippen LogP contribution in [-0.4, -0.2) is 12.9 Å². The van der Waals surface area contributed by atoms with E-state index in [0.29, 0.717) is 23.7 Å². The maximum atomic E-state index is 6.32. The fourth-order valence-corrected chi connectivity index (χ4v) is 4.67. The summed E-state index contributed by atoms with van der Waals surface area (Å²) < 4.78 is 12.6. The third kappa shape index (κ3) is 8.61. The van der Waals surface area contributed by atoms with E-state index in [1.54, 1.807) is 0 Å². The molecule has 0 aliphatic heterocycles. The van der Waals surface area contributed by atoms with Gasteiger partial charge in [-0.1, -0.05) is 80.4 Å². The lowest BCUT2D eigenvalue weighted by molar-refractivity contribution is -0.105. The van der Waals surface area contributed by atoms with Gasteiger partial charge in [0.25, 0.3) is 0 Å². The lowest BCUT2D eigenvalue weighted by atomic mass is 9.72. The standard InChI is InChI=1S/C28H48O2/c1-20(2)17-26(28(6,7)8)24-13-15-25(16-14-24)30-27(18-21(3)4)29-19-23-11-9-22(5)10-12-23/h13-16,20-23,26-27H,9-12,17-19H2,1-8H3. The van der Waals surface area contributed by atoms with Gasteiger partial charge in [-0.25, -0.2) is 0 Å². The lowest BCUT2D eigenvalue weighted by Gasteiger charge is -2.33. The monoisotopic (exact) mass is 416 g/mol. The second-order valence-corrected chi connectivity index (χ2v) is 11.8. The molecule has 0 amide bonds. The van der Waals surface area contributed by atoms with E-state index >= 15 is 0 Å². The van der Waals surface area contributed by atoms with Gasteiger partial charge >= 0.3 is 0 Å². The van der Waals surface area contributed by atoms with Crippen LogP contribution in [0.5, 0.6) is 5.75 Å². The average molecular weight is 417 g/mol. The van der Waals surface area contributed by atoms with Crippen molar-refractivity contribution in [2.24, 2.45) is 29.1 Å². The van der Waals surface area contributed by atoms with Crippen molar-refractivity contribution < 1.29 is 9.47 Å². The molecule has 30 heavy (non-hydrogen) atoms. The van der Waals surface area contributed by atoms with Gasteiger partial charge in [-0.15, -0.1) is 0 Å². The molecule has 0 saturated heterocycles. The van der Waals surface area contributed by atoms with Crippen LogP contribution in [0, 0.1) is 29.1 Å². The van der Waals surface area contributed by atoms with E-state index in [9.17, 15) is 0 Å². The van der Waals surface area contributed by atoms with Crippen molar-refractivity contribution in [1.82, 2.24) is 0 Å². The summed E-state index contributed by atoms with van der Waals surface area (Å²) in [6.07, 6.45) is 7.28. The van der Waals surface area contributed by atoms with Crippen LogP contribution in [0.2, 0.25) is 0 Å². The molecule has 1 aromatic rings. The largest absolute Gasteiger partial charge is 0.465 e. The molecule has 0 heterocycles. The second kappa shape index (κ2) is 11.6. The fraction of sp³-hybridized carbons (Fsp3) is 0.786. The minimum Gasteiger partial charge on any atom is -0.465 e. The Bertz CT molecular complexity index is 588. The Hall–Kier alpha value is -1.02. The summed E-state index contributed by atoms with van der Waals surface area (Å²) in [7, 11) is 0. The normalized spacial score (nSPS) is 22.3. The summed E-state index contributed by atoms with van der Waals surface area (Å²) in [5, 5.41) is 0.